The molecular formula is C25H32N2O3. The Bertz CT molecular complexity index is 845. The lowest BCUT2D eigenvalue weighted by Crippen LogP contribution is -2.21. The van der Waals surface area contributed by atoms with Gasteiger partial charge in [-0.15, -0.1) is 0 Å². The number of rotatable bonds is 9. The van der Waals surface area contributed by atoms with Crippen LogP contribution in [0.5, 0.6) is 0 Å². The van der Waals surface area contributed by atoms with E-state index in [4.69, 9.17) is 4.74 Å². The van der Waals surface area contributed by atoms with Crippen molar-refractivity contribution in [2.45, 2.75) is 63.9 Å². The van der Waals surface area contributed by atoms with Gasteiger partial charge in [0.25, 0.3) is 5.91 Å². The molecule has 0 radical (unpaired) electrons. The van der Waals surface area contributed by atoms with E-state index < -0.39 is 0 Å². The first kappa shape index (κ1) is 22.2. The van der Waals surface area contributed by atoms with E-state index in [1.165, 1.54) is 6.42 Å². The van der Waals surface area contributed by atoms with Crippen molar-refractivity contribution in [3.63, 3.8) is 0 Å². The van der Waals surface area contributed by atoms with Crippen LogP contribution < -0.4 is 5.32 Å². The summed E-state index contributed by atoms with van der Waals surface area (Å²) >= 11 is 0. The minimum atomic E-state index is -0.277. The lowest BCUT2D eigenvalue weighted by molar-refractivity contribution is 0.00979. The van der Waals surface area contributed by atoms with E-state index in [-0.39, 0.29) is 23.3 Å². The molecule has 0 saturated carbocycles. The molecule has 0 aliphatic carbocycles. The van der Waals surface area contributed by atoms with Crippen molar-refractivity contribution in [3.8, 4) is 0 Å². The van der Waals surface area contributed by atoms with Crippen LogP contribution in [0, 0.1) is 0 Å². The maximum Gasteiger partial charge on any atom is 0.269 e. The normalized spacial score (nSPS) is 17.3. The Morgan fingerprint density at radius 2 is 1.97 bits per heavy atom. The van der Waals surface area contributed by atoms with Gasteiger partial charge in [-0.2, -0.15) is 0 Å². The third kappa shape index (κ3) is 5.99. The van der Waals surface area contributed by atoms with Gasteiger partial charge in [0.15, 0.2) is 5.78 Å². The van der Waals surface area contributed by atoms with Crippen LogP contribution in [0.1, 0.15) is 89.9 Å². The van der Waals surface area contributed by atoms with Gasteiger partial charge in [-0.3, -0.25) is 9.59 Å². The molecule has 1 aromatic carbocycles. The molecule has 1 aliphatic rings. The quantitative estimate of drug-likeness (QED) is 0.473. The maximum absolute atomic E-state index is 12.9. The van der Waals surface area contributed by atoms with Crippen molar-refractivity contribution < 1.29 is 14.3 Å². The van der Waals surface area contributed by atoms with Crippen LogP contribution in [-0.4, -0.2) is 36.4 Å². The van der Waals surface area contributed by atoms with E-state index in [1.54, 1.807) is 13.1 Å². The Labute approximate surface area is 179 Å². The molecule has 2 atom stereocenters. The summed E-state index contributed by atoms with van der Waals surface area (Å²) in [5.74, 6) is -0.222. The van der Waals surface area contributed by atoms with Gasteiger partial charge in [-0.05, 0) is 49.8 Å². The number of benzene rings is 1. The molecule has 1 aliphatic heterocycles. The molecule has 2 heterocycles. The fraction of sp³-hybridized carbons (Fsp3) is 0.480. The van der Waals surface area contributed by atoms with Crippen molar-refractivity contribution in [3.05, 3.63) is 65.0 Å². The number of ether oxygens (including phenoxy) is 1. The molecule has 5 nitrogen and oxygen atoms in total. The van der Waals surface area contributed by atoms with Gasteiger partial charge < -0.3 is 10.1 Å². The van der Waals surface area contributed by atoms with E-state index in [2.05, 4.69) is 10.3 Å². The van der Waals surface area contributed by atoms with Crippen molar-refractivity contribution in [1.29, 1.82) is 0 Å². The molecule has 1 N–H and O–H groups in total. The van der Waals surface area contributed by atoms with Crippen LogP contribution in [0.2, 0.25) is 0 Å². The van der Waals surface area contributed by atoms with Crippen LogP contribution in [0.3, 0.4) is 0 Å². The Hall–Kier alpha value is -2.53. The van der Waals surface area contributed by atoms with E-state index in [0.717, 1.165) is 50.0 Å². The number of unbranched alkanes of at least 4 members (excludes halogenated alkanes) is 1. The topological polar surface area (TPSA) is 68.3 Å². The number of Topliss-reactive ketones (excluding diaryl/α,β-unsaturated/α-hetero) is 1. The highest BCUT2D eigenvalue weighted by molar-refractivity contribution is 5.99. The molecule has 0 spiro atoms. The van der Waals surface area contributed by atoms with Crippen molar-refractivity contribution >= 4 is 11.7 Å². The second-order valence-electron chi connectivity index (χ2n) is 8.03. The number of ketones is 1. The van der Waals surface area contributed by atoms with E-state index >= 15 is 0 Å². The molecule has 1 amide bonds. The predicted octanol–water partition coefficient (Wildman–Crippen LogP) is 4.91. The monoisotopic (exact) mass is 408 g/mol. The summed E-state index contributed by atoms with van der Waals surface area (Å²) in [6.45, 7) is 2.91. The smallest absolute Gasteiger partial charge is 0.269 e. The highest BCUT2D eigenvalue weighted by Gasteiger charge is 2.18. The molecule has 1 saturated heterocycles. The minimum absolute atomic E-state index is 0.00851. The van der Waals surface area contributed by atoms with Crippen LogP contribution >= 0.6 is 0 Å². The zero-order valence-electron chi connectivity index (χ0n) is 18.0. The van der Waals surface area contributed by atoms with Crippen LogP contribution in [0.15, 0.2) is 42.5 Å². The number of carbonyl (C=O) groups excluding carboxylic acids is 2. The van der Waals surface area contributed by atoms with Gasteiger partial charge in [0.2, 0.25) is 0 Å². The number of nitrogens with one attached hydrogen (secondary N) is 1. The minimum Gasteiger partial charge on any atom is -0.378 e. The second kappa shape index (κ2) is 11.0. The average Bonchev–Trinajstić information content (AvgIpc) is 2.81. The molecule has 0 bridgehead atoms. The van der Waals surface area contributed by atoms with E-state index in [1.807, 2.05) is 43.3 Å². The summed E-state index contributed by atoms with van der Waals surface area (Å²) in [5.41, 5.74) is 2.69. The van der Waals surface area contributed by atoms with Gasteiger partial charge in [0.1, 0.15) is 5.69 Å². The zero-order chi connectivity index (χ0) is 21.3. The molecule has 1 aromatic heterocycles. The molecule has 5 heteroatoms. The van der Waals surface area contributed by atoms with Gasteiger partial charge in [0, 0.05) is 37.3 Å². The lowest BCUT2D eigenvalue weighted by atomic mass is 9.94. The van der Waals surface area contributed by atoms with E-state index in [0.29, 0.717) is 18.1 Å². The fourth-order valence-electron chi connectivity index (χ4n) is 3.93. The van der Waals surface area contributed by atoms with Crippen LogP contribution in [-0.2, 0) is 4.74 Å². The Balaban J connectivity index is 1.69. The average molecular weight is 409 g/mol. The second-order valence-corrected chi connectivity index (χ2v) is 8.03. The summed E-state index contributed by atoms with van der Waals surface area (Å²) in [4.78, 5) is 29.7. The summed E-state index contributed by atoms with van der Waals surface area (Å²) in [5, 5.41) is 2.62. The number of hydrogen-bond acceptors (Lipinski definition) is 4. The number of amides is 1. The predicted molar refractivity (Wildman–Crippen MR) is 118 cm³/mol. The molecule has 30 heavy (non-hydrogen) atoms. The highest BCUT2D eigenvalue weighted by atomic mass is 16.5. The first-order chi connectivity index (χ1) is 14.6. The SMILES string of the molecule is CNC(=O)c1cc(C(=O)CCCC[C@H]2CCCCO2)cc(C(C)c2ccccc2)n1. The standard InChI is InChI=1S/C25H32N2O3/c1-18(19-10-4-3-5-11-19)22-16-20(17-23(27-22)25(29)26-2)24(28)14-7-6-12-21-13-8-9-15-30-21/h3-5,10-11,16-18,21H,6-9,12-15H2,1-2H3,(H,26,29)/t18?,21-/m0/s1. The maximum atomic E-state index is 12.9. The van der Waals surface area contributed by atoms with E-state index in [9.17, 15) is 9.59 Å². The molecule has 1 fully saturated rings. The lowest BCUT2D eigenvalue weighted by Gasteiger charge is -2.22. The van der Waals surface area contributed by atoms with Crippen LogP contribution in [0.25, 0.3) is 0 Å². The molecule has 2 aromatic rings. The summed E-state index contributed by atoms with van der Waals surface area (Å²) < 4.78 is 5.77. The fourth-order valence-corrected chi connectivity index (χ4v) is 3.93. The Morgan fingerprint density at radius 3 is 2.67 bits per heavy atom. The molecule has 1 unspecified atom stereocenters. The Kier molecular flexibility index (Phi) is 8.14. The number of carbonyl (C=O) groups is 2. The highest BCUT2D eigenvalue weighted by Crippen LogP contribution is 2.25. The number of nitrogens with zero attached hydrogens (tertiary/aromatic N) is 1. The number of pyridine rings is 1. The summed E-state index contributed by atoms with van der Waals surface area (Å²) in [7, 11) is 1.58. The third-order valence-corrected chi connectivity index (χ3v) is 5.82. The number of aromatic nitrogens is 1. The van der Waals surface area contributed by atoms with Gasteiger partial charge in [-0.25, -0.2) is 4.98 Å². The van der Waals surface area contributed by atoms with Gasteiger partial charge in [-0.1, -0.05) is 43.7 Å². The van der Waals surface area contributed by atoms with Crippen LogP contribution in [0.4, 0.5) is 0 Å². The first-order valence-electron chi connectivity index (χ1n) is 11.0. The molecule has 160 valence electrons. The zero-order valence-corrected chi connectivity index (χ0v) is 18.0. The summed E-state index contributed by atoms with van der Waals surface area (Å²) in [6.07, 6.45) is 7.20. The van der Waals surface area contributed by atoms with Crippen molar-refractivity contribution in [2.75, 3.05) is 13.7 Å². The molecule has 3 rings (SSSR count). The van der Waals surface area contributed by atoms with Gasteiger partial charge >= 0.3 is 0 Å². The third-order valence-electron chi connectivity index (χ3n) is 5.82. The van der Waals surface area contributed by atoms with Gasteiger partial charge in [0.05, 0.1) is 6.10 Å². The van der Waals surface area contributed by atoms with Crippen molar-refractivity contribution in [1.82, 2.24) is 10.3 Å². The van der Waals surface area contributed by atoms with Crippen molar-refractivity contribution in [2.24, 2.45) is 0 Å². The number of hydrogen-bond donors (Lipinski definition) is 1. The Morgan fingerprint density at radius 1 is 1.17 bits per heavy atom. The first-order valence-corrected chi connectivity index (χ1v) is 11.0. The summed E-state index contributed by atoms with van der Waals surface area (Å²) in [6, 6.07) is 13.5. The largest absolute Gasteiger partial charge is 0.378 e. The molecular weight excluding hydrogens is 376 g/mol.